The van der Waals surface area contributed by atoms with Gasteiger partial charge in [0.1, 0.15) is 17.0 Å². The van der Waals surface area contributed by atoms with Crippen LogP contribution in [0.1, 0.15) is 131 Å². The number of hydrogen-bond acceptors (Lipinski definition) is 15. The van der Waals surface area contributed by atoms with E-state index in [9.17, 15) is 9.59 Å². The molecule has 0 saturated heterocycles. The minimum atomic E-state index is -0.499. The number of ether oxygens (including phenoxy) is 4. The Labute approximate surface area is 397 Å². The van der Waals surface area contributed by atoms with E-state index >= 15 is 0 Å². The highest BCUT2D eigenvalue weighted by Crippen LogP contribution is 2.35. The Morgan fingerprint density at radius 1 is 0.836 bits per heavy atom. The molecule has 0 radical (unpaired) electrons. The number of nitrogens with one attached hydrogen (secondary N) is 3. The molecule has 2 saturated carbocycles. The predicted molar refractivity (Wildman–Crippen MR) is 254 cm³/mol. The lowest BCUT2D eigenvalue weighted by Crippen LogP contribution is -2.39. The first-order chi connectivity index (χ1) is 31.4. The lowest BCUT2D eigenvalue weighted by molar-refractivity contribution is -0.193. The van der Waals surface area contributed by atoms with Crippen LogP contribution in [0.25, 0.3) is 11.0 Å². The molecule has 3 aliphatic rings. The number of anilines is 1. The first-order valence-electron chi connectivity index (χ1n) is 22.7. The number of carbonyl (C=O) groups excluding carboxylic acids is 6. The van der Waals surface area contributed by atoms with Gasteiger partial charge >= 0.3 is 24.5 Å². The van der Waals surface area contributed by atoms with Crippen LogP contribution in [0.3, 0.4) is 0 Å². The number of rotatable bonds is 15. The second kappa shape index (κ2) is 31.4. The summed E-state index contributed by atoms with van der Waals surface area (Å²) in [4.78, 5) is 69.7. The summed E-state index contributed by atoms with van der Waals surface area (Å²) in [6.07, 6.45) is 15.9. The third kappa shape index (κ3) is 25.2. The number of aromatic nitrogens is 3. The molecule has 17 nitrogen and oxygen atoms in total. The number of allylic oxidation sites excluding steroid dienone is 1. The zero-order valence-electron chi connectivity index (χ0n) is 40.3. The van der Waals surface area contributed by atoms with Gasteiger partial charge in [0.2, 0.25) is 0 Å². The molecule has 2 fully saturated rings. The Balaban J connectivity index is 0.000000573. The minimum absolute atomic E-state index is 0. The number of aliphatic hydroxyl groups is 1. The van der Waals surface area contributed by atoms with Crippen LogP contribution in [0.2, 0.25) is 0 Å². The molecule has 0 bridgehead atoms. The maximum atomic E-state index is 11.8. The quantitative estimate of drug-likeness (QED) is 0.112. The monoisotopic (exact) mass is 937 g/mol. The van der Waals surface area contributed by atoms with Crippen LogP contribution in [-0.2, 0) is 57.4 Å². The molecule has 0 aromatic carbocycles. The van der Waals surface area contributed by atoms with Crippen LogP contribution >= 0.6 is 0 Å². The van der Waals surface area contributed by atoms with Crippen molar-refractivity contribution < 1.29 is 52.8 Å². The highest BCUT2D eigenvalue weighted by atomic mass is 16.6. The maximum Gasteiger partial charge on any atom is 0.411 e. The van der Waals surface area contributed by atoms with Gasteiger partial charge in [-0.1, -0.05) is 13.5 Å². The Hall–Kier alpha value is -5.57. The molecule has 1 atom stereocenters. The summed E-state index contributed by atoms with van der Waals surface area (Å²) in [6.45, 7) is 17.2. The molecule has 1 aliphatic heterocycles. The van der Waals surface area contributed by atoms with Gasteiger partial charge < -0.3 is 34.7 Å². The summed E-state index contributed by atoms with van der Waals surface area (Å²) in [5, 5.41) is 17.1. The number of carbonyl (C=O) groups is 2. The number of amides is 2. The molecule has 372 valence electrons. The lowest BCUT2D eigenvalue weighted by Gasteiger charge is -2.35. The summed E-state index contributed by atoms with van der Waals surface area (Å²) in [6, 6.07) is 12.6. The van der Waals surface area contributed by atoms with Gasteiger partial charge in [-0.25, -0.2) is 24.5 Å². The van der Waals surface area contributed by atoms with Gasteiger partial charge in [0, 0.05) is 55.0 Å². The topological polar surface area (TPSA) is 234 Å². The molecule has 17 heteroatoms. The summed E-state index contributed by atoms with van der Waals surface area (Å²) >= 11 is 0. The number of pyridine rings is 3. The van der Waals surface area contributed by atoms with Gasteiger partial charge in [-0.2, -0.15) is 19.2 Å². The van der Waals surface area contributed by atoms with Crippen LogP contribution in [0.5, 0.6) is 0 Å². The number of nitrogens with zero attached hydrogens (tertiary/aromatic N) is 3. The van der Waals surface area contributed by atoms with Gasteiger partial charge in [0.05, 0.1) is 18.8 Å². The summed E-state index contributed by atoms with van der Waals surface area (Å²) in [7, 11) is 1.00. The molecule has 3 aromatic heterocycles. The number of fused-ring (bicyclic) bond motifs is 2. The van der Waals surface area contributed by atoms with Gasteiger partial charge in [-0.3, -0.25) is 5.32 Å². The van der Waals surface area contributed by atoms with Crippen molar-refractivity contribution >= 4 is 41.3 Å². The van der Waals surface area contributed by atoms with E-state index in [1.165, 1.54) is 24.1 Å². The predicted octanol–water partition coefficient (Wildman–Crippen LogP) is 8.33. The van der Waals surface area contributed by atoms with E-state index in [1.54, 1.807) is 6.20 Å². The molecule has 3 aromatic rings. The summed E-state index contributed by atoms with van der Waals surface area (Å²) in [5.74, 6) is 2.52. The van der Waals surface area contributed by atoms with Gasteiger partial charge in [0.15, 0.2) is 5.65 Å². The van der Waals surface area contributed by atoms with Gasteiger partial charge in [-0.15, -0.1) is 0 Å². The maximum absolute atomic E-state index is 11.8. The van der Waals surface area contributed by atoms with Crippen LogP contribution < -0.4 is 16.0 Å². The van der Waals surface area contributed by atoms with Crippen molar-refractivity contribution in [1.29, 1.82) is 0 Å². The van der Waals surface area contributed by atoms with Gasteiger partial charge in [-0.05, 0) is 180 Å². The van der Waals surface area contributed by atoms with Crippen LogP contribution in [0.4, 0.5) is 15.4 Å². The number of alkyl carbamates (subject to hydrolysis) is 2. The first-order valence-corrected chi connectivity index (χ1v) is 22.7. The largest absolute Gasteiger partial charge is 0.444 e. The minimum Gasteiger partial charge on any atom is -0.444 e. The van der Waals surface area contributed by atoms with Crippen LogP contribution in [0.15, 0.2) is 54.4 Å². The molecule has 4 heterocycles. The zero-order valence-corrected chi connectivity index (χ0v) is 40.3. The van der Waals surface area contributed by atoms with E-state index in [4.69, 9.17) is 48.2 Å². The third-order valence-electron chi connectivity index (χ3n) is 10.6. The normalized spacial score (nSPS) is 18.4. The zero-order chi connectivity index (χ0) is 49.1. The standard InChI is InChI=1S/C23H37N3O3.C23H31N3O3.2CO2.CH4O.CH4/c2*1-16(25-22(27)29-23(2,3)4)11-13-28-20-14-17(15-20)7-9-19-10-8-18-6-5-12-24-21(18)26-19;2*2-1-3;1-2;/h8,10,16-17,20H,5-7,9,11-15H2,1-4H3,(H,24,26)(H,25,27);5-6,8,10-12,17,20H,7,9,13-15H2,1-4H3,(H,25,27);;;2H,1H3;1H4. The summed E-state index contributed by atoms with van der Waals surface area (Å²) in [5.41, 5.74) is 4.25. The molecular weight excluding hydrogens is 861 g/mol. The number of aryl methyl sites for hydroxylation is 3. The van der Waals surface area contributed by atoms with E-state index in [2.05, 4.69) is 50.2 Å². The highest BCUT2D eigenvalue weighted by molar-refractivity contribution is 5.74. The van der Waals surface area contributed by atoms with Crippen molar-refractivity contribution in [1.82, 2.24) is 25.6 Å². The van der Waals surface area contributed by atoms with E-state index in [1.807, 2.05) is 73.6 Å². The number of aliphatic hydroxyl groups excluding tert-OH is 1. The second-order valence-corrected chi connectivity index (χ2v) is 18.4. The average Bonchev–Trinajstić information content (AvgIpc) is 3.21. The fourth-order valence-corrected chi connectivity index (χ4v) is 7.25. The average molecular weight is 937 g/mol. The Morgan fingerprint density at radius 3 is 1.99 bits per heavy atom. The molecule has 4 N–H and O–H groups in total. The van der Waals surface area contributed by atoms with Crippen molar-refractivity contribution in [3.8, 4) is 0 Å². The molecular formula is C50H76N6O11. The summed E-state index contributed by atoms with van der Waals surface area (Å²) < 4.78 is 22.4. The smallest absolute Gasteiger partial charge is 0.411 e. The lowest BCUT2D eigenvalue weighted by atomic mass is 9.79. The molecule has 2 aliphatic carbocycles. The molecule has 6 rings (SSSR count). The SMILES string of the molecule is C.CC(=CCOC1CC(CCc2ccc3cccnc3n2)C1)NC(=O)OC(C)(C)C.CC(CCOC1CC(CCc2ccc3c(n2)NCCC3)C1)NC(=O)OC(C)(C)C.CO.O=C=O.O=C=O. The fraction of sp³-hybridized carbons (Fsp3) is 0.620. The Morgan fingerprint density at radius 2 is 1.39 bits per heavy atom. The second-order valence-electron chi connectivity index (χ2n) is 18.4. The van der Waals surface area contributed by atoms with E-state index in [-0.39, 0.29) is 31.9 Å². The van der Waals surface area contributed by atoms with Crippen LogP contribution in [0, 0.1) is 11.8 Å². The van der Waals surface area contributed by atoms with Crippen LogP contribution in [-0.4, -0.2) is 101 Å². The molecule has 1 unspecified atom stereocenters. The molecule has 67 heavy (non-hydrogen) atoms. The van der Waals surface area contributed by atoms with E-state index < -0.39 is 17.3 Å². The molecule has 2 amide bonds. The highest BCUT2D eigenvalue weighted by Gasteiger charge is 2.30. The molecule has 0 spiro atoms. The van der Waals surface area contributed by atoms with Crippen molar-refractivity contribution in [2.24, 2.45) is 11.8 Å². The Kier molecular flexibility index (Phi) is 27.9. The van der Waals surface area contributed by atoms with Gasteiger partial charge in [0.25, 0.3) is 0 Å². The Bertz CT molecular complexity index is 2000. The van der Waals surface area contributed by atoms with E-state index in [0.717, 1.165) is 106 Å². The number of hydrogen-bond donors (Lipinski definition) is 4. The third-order valence-corrected chi connectivity index (χ3v) is 10.6. The van der Waals surface area contributed by atoms with Crippen molar-refractivity contribution in [2.75, 3.05) is 32.2 Å². The first kappa shape index (κ1) is 59.4. The van der Waals surface area contributed by atoms with E-state index in [0.29, 0.717) is 31.3 Å². The van der Waals surface area contributed by atoms with Crippen molar-refractivity contribution in [3.05, 3.63) is 71.3 Å². The van der Waals surface area contributed by atoms with Crippen molar-refractivity contribution in [2.45, 2.75) is 163 Å². The van der Waals surface area contributed by atoms with Crippen molar-refractivity contribution in [3.63, 3.8) is 0 Å². The fourth-order valence-electron chi connectivity index (χ4n) is 7.25.